The predicted octanol–water partition coefficient (Wildman–Crippen LogP) is 4.90. The molecule has 2 aromatic rings. The zero-order chi connectivity index (χ0) is 18.5. The van der Waals surface area contributed by atoms with Crippen molar-refractivity contribution in [3.05, 3.63) is 46.7 Å². The van der Waals surface area contributed by atoms with Gasteiger partial charge in [-0.3, -0.25) is 9.69 Å². The number of hydrogen-bond acceptors (Lipinski definition) is 4. The van der Waals surface area contributed by atoms with Gasteiger partial charge in [-0.2, -0.15) is 0 Å². The summed E-state index contributed by atoms with van der Waals surface area (Å²) >= 11 is 1.79. The average molecular weight is 384 g/mol. The monoisotopic (exact) mass is 383 g/mol. The maximum atomic E-state index is 12.6. The second kappa shape index (κ2) is 8.89. The van der Waals surface area contributed by atoms with Crippen molar-refractivity contribution < 1.29 is 4.79 Å². The minimum absolute atomic E-state index is 0.0842. The zero-order valence-corrected chi connectivity index (χ0v) is 16.7. The highest BCUT2D eigenvalue weighted by Crippen LogP contribution is 2.34. The maximum Gasteiger partial charge on any atom is 0.238 e. The van der Waals surface area contributed by atoms with E-state index in [0.717, 1.165) is 31.7 Å². The summed E-state index contributed by atoms with van der Waals surface area (Å²) in [6.07, 6.45) is 7.55. The SMILES string of the molecule is O=C(CN1CCC[C@H]1c1cccs1)Nc1ccc(N2CCCCCC2)cc1. The Hall–Kier alpha value is -1.85. The largest absolute Gasteiger partial charge is 0.372 e. The van der Waals surface area contributed by atoms with Crippen LogP contribution < -0.4 is 10.2 Å². The van der Waals surface area contributed by atoms with E-state index in [4.69, 9.17) is 0 Å². The molecule has 1 amide bonds. The third-order valence-electron chi connectivity index (χ3n) is 5.70. The lowest BCUT2D eigenvalue weighted by atomic mass is 10.2. The highest BCUT2D eigenvalue weighted by Gasteiger charge is 2.28. The molecule has 27 heavy (non-hydrogen) atoms. The van der Waals surface area contributed by atoms with Crippen LogP contribution in [0, 0.1) is 0 Å². The van der Waals surface area contributed by atoms with Crippen molar-refractivity contribution in [1.82, 2.24) is 4.90 Å². The highest BCUT2D eigenvalue weighted by atomic mass is 32.1. The number of rotatable bonds is 5. The third-order valence-corrected chi connectivity index (χ3v) is 6.68. The van der Waals surface area contributed by atoms with Gasteiger partial charge in [-0.05, 0) is 67.9 Å². The molecule has 0 aliphatic carbocycles. The summed E-state index contributed by atoms with van der Waals surface area (Å²) < 4.78 is 0. The summed E-state index contributed by atoms with van der Waals surface area (Å²) in [5, 5.41) is 5.20. The van der Waals surface area contributed by atoms with E-state index in [9.17, 15) is 4.79 Å². The maximum absolute atomic E-state index is 12.6. The van der Waals surface area contributed by atoms with Crippen LogP contribution >= 0.6 is 11.3 Å². The van der Waals surface area contributed by atoms with E-state index >= 15 is 0 Å². The molecule has 0 bridgehead atoms. The standard InChI is InChI=1S/C22H29N3OS/c26-22(17-25-15-5-7-20(25)21-8-6-16-27-21)23-18-9-11-19(12-10-18)24-13-3-1-2-4-14-24/h6,8-12,16,20H,1-5,7,13-15,17H2,(H,23,26)/t20-/m0/s1. The van der Waals surface area contributed by atoms with Gasteiger partial charge in [0, 0.05) is 35.4 Å². The van der Waals surface area contributed by atoms with Crippen LogP contribution in [0.4, 0.5) is 11.4 Å². The van der Waals surface area contributed by atoms with Crippen molar-refractivity contribution in [2.75, 3.05) is 36.4 Å². The third kappa shape index (κ3) is 4.71. The van der Waals surface area contributed by atoms with Gasteiger partial charge in [0.25, 0.3) is 0 Å². The van der Waals surface area contributed by atoms with Crippen molar-refractivity contribution in [1.29, 1.82) is 0 Å². The summed E-state index contributed by atoms with van der Waals surface area (Å²) in [6.45, 7) is 3.76. The van der Waals surface area contributed by atoms with Crippen molar-refractivity contribution in [3.63, 3.8) is 0 Å². The van der Waals surface area contributed by atoms with Crippen LogP contribution in [-0.2, 0) is 4.79 Å². The van der Waals surface area contributed by atoms with E-state index in [-0.39, 0.29) is 5.91 Å². The van der Waals surface area contributed by atoms with Gasteiger partial charge in [0.2, 0.25) is 5.91 Å². The Morgan fingerprint density at radius 3 is 2.48 bits per heavy atom. The van der Waals surface area contributed by atoms with Crippen molar-refractivity contribution in [2.24, 2.45) is 0 Å². The summed E-state index contributed by atoms with van der Waals surface area (Å²) in [6, 6.07) is 13.1. The molecule has 3 heterocycles. The number of thiophene rings is 1. The smallest absolute Gasteiger partial charge is 0.238 e. The lowest BCUT2D eigenvalue weighted by Crippen LogP contribution is -2.32. The number of anilines is 2. The topological polar surface area (TPSA) is 35.6 Å². The number of carbonyl (C=O) groups excluding carboxylic acids is 1. The van der Waals surface area contributed by atoms with Crippen LogP contribution in [0.5, 0.6) is 0 Å². The normalized spacial score (nSPS) is 21.2. The molecule has 5 heteroatoms. The molecule has 4 rings (SSSR count). The molecule has 1 aromatic heterocycles. The van der Waals surface area contributed by atoms with Gasteiger partial charge in [-0.1, -0.05) is 18.9 Å². The number of likely N-dealkylation sites (tertiary alicyclic amines) is 1. The van der Waals surface area contributed by atoms with Crippen LogP contribution in [0.3, 0.4) is 0 Å². The molecule has 1 atom stereocenters. The Kier molecular flexibility index (Phi) is 6.10. The van der Waals surface area contributed by atoms with Crippen LogP contribution in [0.2, 0.25) is 0 Å². The van der Waals surface area contributed by atoms with Crippen molar-refractivity contribution >= 4 is 28.6 Å². The van der Waals surface area contributed by atoms with E-state index in [1.807, 2.05) is 12.1 Å². The van der Waals surface area contributed by atoms with Gasteiger partial charge in [0.1, 0.15) is 0 Å². The molecular formula is C22H29N3OS. The molecule has 144 valence electrons. The first-order valence-corrected chi connectivity index (χ1v) is 11.1. The quantitative estimate of drug-likeness (QED) is 0.797. The van der Waals surface area contributed by atoms with Crippen molar-refractivity contribution in [3.8, 4) is 0 Å². The molecule has 2 fully saturated rings. The molecule has 1 N–H and O–H groups in total. The van der Waals surface area contributed by atoms with Gasteiger partial charge in [-0.25, -0.2) is 0 Å². The summed E-state index contributed by atoms with van der Waals surface area (Å²) in [5.74, 6) is 0.0842. The van der Waals surface area contributed by atoms with Crippen LogP contribution in [0.15, 0.2) is 41.8 Å². The number of carbonyl (C=O) groups is 1. The first kappa shape index (κ1) is 18.5. The van der Waals surface area contributed by atoms with Crippen LogP contribution in [0.1, 0.15) is 49.4 Å². The Morgan fingerprint density at radius 2 is 1.78 bits per heavy atom. The van der Waals surface area contributed by atoms with Crippen LogP contribution in [-0.4, -0.2) is 37.0 Å². The second-order valence-corrected chi connectivity index (χ2v) is 8.62. The molecule has 4 nitrogen and oxygen atoms in total. The number of amides is 1. The van der Waals surface area contributed by atoms with Gasteiger partial charge in [0.05, 0.1) is 6.54 Å². The minimum Gasteiger partial charge on any atom is -0.372 e. The Labute approximate surface area is 166 Å². The summed E-state index contributed by atoms with van der Waals surface area (Å²) in [7, 11) is 0. The summed E-state index contributed by atoms with van der Waals surface area (Å²) in [5.41, 5.74) is 2.16. The first-order valence-electron chi connectivity index (χ1n) is 10.2. The molecule has 1 aromatic carbocycles. The van der Waals surface area contributed by atoms with Gasteiger partial charge < -0.3 is 10.2 Å². The van der Waals surface area contributed by atoms with Crippen molar-refractivity contribution in [2.45, 2.75) is 44.6 Å². The lowest BCUT2D eigenvalue weighted by Gasteiger charge is -2.24. The zero-order valence-electron chi connectivity index (χ0n) is 15.9. The van der Waals surface area contributed by atoms with E-state index in [0.29, 0.717) is 12.6 Å². The fourth-order valence-corrected chi connectivity index (χ4v) is 5.18. The van der Waals surface area contributed by atoms with E-state index in [2.05, 4.69) is 44.8 Å². The van der Waals surface area contributed by atoms with E-state index in [1.165, 1.54) is 42.7 Å². The van der Waals surface area contributed by atoms with Gasteiger partial charge in [-0.15, -0.1) is 11.3 Å². The molecule has 0 spiro atoms. The molecular weight excluding hydrogens is 354 g/mol. The highest BCUT2D eigenvalue weighted by molar-refractivity contribution is 7.10. The molecule has 0 unspecified atom stereocenters. The summed E-state index contributed by atoms with van der Waals surface area (Å²) in [4.78, 5) is 18.7. The molecule has 0 radical (unpaired) electrons. The molecule has 2 aliphatic rings. The number of nitrogens with zero attached hydrogens (tertiary/aromatic N) is 2. The number of benzene rings is 1. The minimum atomic E-state index is 0.0842. The molecule has 2 aliphatic heterocycles. The second-order valence-electron chi connectivity index (χ2n) is 7.64. The average Bonchev–Trinajstić information content (AvgIpc) is 3.28. The first-order chi connectivity index (χ1) is 13.3. The number of hydrogen-bond donors (Lipinski definition) is 1. The Morgan fingerprint density at radius 1 is 1.00 bits per heavy atom. The molecule has 2 saturated heterocycles. The fourth-order valence-electron chi connectivity index (χ4n) is 4.29. The van der Waals surface area contributed by atoms with E-state index in [1.54, 1.807) is 11.3 Å². The molecule has 0 saturated carbocycles. The Bertz CT molecular complexity index is 721. The Balaban J connectivity index is 1.32. The fraction of sp³-hybridized carbons (Fsp3) is 0.500. The number of nitrogens with one attached hydrogen (secondary N) is 1. The van der Waals surface area contributed by atoms with Gasteiger partial charge >= 0.3 is 0 Å². The van der Waals surface area contributed by atoms with Gasteiger partial charge in [0.15, 0.2) is 0 Å². The van der Waals surface area contributed by atoms with E-state index < -0.39 is 0 Å². The predicted molar refractivity (Wildman–Crippen MR) is 114 cm³/mol. The lowest BCUT2D eigenvalue weighted by molar-refractivity contribution is -0.117. The van der Waals surface area contributed by atoms with Crippen LogP contribution in [0.25, 0.3) is 0 Å².